The van der Waals surface area contributed by atoms with E-state index in [0.29, 0.717) is 0 Å². The van der Waals surface area contributed by atoms with Crippen molar-refractivity contribution in [3.63, 3.8) is 0 Å². The molecule has 27 heavy (non-hydrogen) atoms. The number of carbonyl (C=O) groups excluding carboxylic acids is 2. The highest BCUT2D eigenvalue weighted by Gasteiger charge is 2.21. The summed E-state index contributed by atoms with van der Waals surface area (Å²) in [5.74, 6) is -1.99. The lowest BCUT2D eigenvalue weighted by Crippen LogP contribution is -2.46. The number of hydrogen-bond donors (Lipinski definition) is 2. The molecule has 0 aliphatic rings. The van der Waals surface area contributed by atoms with Crippen molar-refractivity contribution >= 4 is 11.8 Å². The molecule has 0 saturated heterocycles. The third kappa shape index (κ3) is 4.58. The Kier molecular flexibility index (Phi) is 5.61. The molecule has 0 unspecified atom stereocenters. The zero-order valence-electron chi connectivity index (χ0n) is 14.6. The number of hydrogen-bond acceptors (Lipinski definition) is 2. The number of amides is 2. The van der Waals surface area contributed by atoms with E-state index in [0.717, 1.165) is 16.7 Å². The molecule has 0 radical (unpaired) electrons. The number of rotatable bonds is 6. The fourth-order valence-electron chi connectivity index (χ4n) is 2.80. The molecule has 0 spiro atoms. The van der Waals surface area contributed by atoms with Gasteiger partial charge in [-0.1, -0.05) is 66.7 Å². The number of primary amides is 1. The molecular weight excluding hydrogens is 343 g/mol. The summed E-state index contributed by atoms with van der Waals surface area (Å²) in [5.41, 5.74) is 8.27. The van der Waals surface area contributed by atoms with Gasteiger partial charge in [-0.25, -0.2) is 4.39 Å². The maximum absolute atomic E-state index is 13.7. The second-order valence-electron chi connectivity index (χ2n) is 6.18. The van der Waals surface area contributed by atoms with Gasteiger partial charge in [-0.3, -0.25) is 9.59 Å². The predicted octanol–water partition coefficient (Wildman–Crippen LogP) is 3.32. The molecule has 1 atom stereocenters. The monoisotopic (exact) mass is 362 g/mol. The predicted molar refractivity (Wildman–Crippen MR) is 102 cm³/mol. The Labute approximate surface area is 156 Å². The fourth-order valence-corrected chi connectivity index (χ4v) is 2.80. The minimum absolute atomic E-state index is 0.122. The van der Waals surface area contributed by atoms with Crippen LogP contribution in [-0.4, -0.2) is 17.9 Å². The molecule has 3 N–H and O–H groups in total. The molecule has 0 aliphatic carbocycles. The highest BCUT2D eigenvalue weighted by atomic mass is 19.1. The third-order valence-electron chi connectivity index (χ3n) is 4.27. The smallest absolute Gasteiger partial charge is 0.254 e. The standard InChI is InChI=1S/C22H19FN2O2/c23-19-9-5-4-8-18(19)22(27)25-20(21(24)26)14-15-10-12-17(13-11-15)16-6-2-1-3-7-16/h1-13,20H,14H2,(H2,24,26)(H,25,27)/t20-/m1/s1. The molecule has 3 rings (SSSR count). The molecule has 0 aliphatic heterocycles. The lowest BCUT2D eigenvalue weighted by molar-refractivity contribution is -0.119. The Morgan fingerprint density at radius 3 is 2.07 bits per heavy atom. The quantitative estimate of drug-likeness (QED) is 0.706. The van der Waals surface area contributed by atoms with Crippen LogP contribution in [-0.2, 0) is 11.2 Å². The topological polar surface area (TPSA) is 72.2 Å². The highest BCUT2D eigenvalue weighted by molar-refractivity contribution is 5.97. The van der Waals surface area contributed by atoms with Gasteiger partial charge in [0, 0.05) is 6.42 Å². The van der Waals surface area contributed by atoms with E-state index in [1.165, 1.54) is 18.2 Å². The molecule has 2 amide bonds. The molecule has 4 nitrogen and oxygen atoms in total. The number of halogens is 1. The Balaban J connectivity index is 1.72. The zero-order chi connectivity index (χ0) is 19.2. The third-order valence-corrected chi connectivity index (χ3v) is 4.27. The van der Waals surface area contributed by atoms with Gasteiger partial charge in [0.1, 0.15) is 11.9 Å². The summed E-state index contributed by atoms with van der Waals surface area (Å²) < 4.78 is 13.7. The van der Waals surface area contributed by atoms with Crippen molar-refractivity contribution in [1.29, 1.82) is 0 Å². The molecule has 3 aromatic rings. The second-order valence-corrected chi connectivity index (χ2v) is 6.18. The van der Waals surface area contributed by atoms with Crippen LogP contribution in [0.25, 0.3) is 11.1 Å². The molecule has 0 heterocycles. The van der Waals surface area contributed by atoms with Crippen molar-refractivity contribution in [1.82, 2.24) is 5.32 Å². The second kappa shape index (κ2) is 8.27. The van der Waals surface area contributed by atoms with Crippen LogP contribution in [0.2, 0.25) is 0 Å². The molecule has 5 heteroatoms. The van der Waals surface area contributed by atoms with Gasteiger partial charge in [0.15, 0.2) is 0 Å². The molecule has 0 saturated carbocycles. The van der Waals surface area contributed by atoms with Crippen LogP contribution in [0.15, 0.2) is 78.9 Å². The molecule has 0 fully saturated rings. The lowest BCUT2D eigenvalue weighted by Gasteiger charge is -2.16. The van der Waals surface area contributed by atoms with Gasteiger partial charge in [0.05, 0.1) is 5.56 Å². The first kappa shape index (κ1) is 18.3. The first-order chi connectivity index (χ1) is 13.0. The number of nitrogens with one attached hydrogen (secondary N) is 1. The van der Waals surface area contributed by atoms with Crippen molar-refractivity contribution in [3.8, 4) is 11.1 Å². The average Bonchev–Trinajstić information content (AvgIpc) is 2.69. The van der Waals surface area contributed by atoms with Crippen LogP contribution in [0.4, 0.5) is 4.39 Å². The Bertz CT molecular complexity index is 940. The van der Waals surface area contributed by atoms with E-state index in [1.807, 2.05) is 54.6 Å². The maximum Gasteiger partial charge on any atom is 0.254 e. The summed E-state index contributed by atoms with van der Waals surface area (Å²) in [7, 11) is 0. The first-order valence-corrected chi connectivity index (χ1v) is 8.53. The number of benzene rings is 3. The largest absolute Gasteiger partial charge is 0.368 e. The number of nitrogens with two attached hydrogens (primary N) is 1. The summed E-state index contributed by atoms with van der Waals surface area (Å²) in [6, 6.07) is 22.2. The van der Waals surface area contributed by atoms with Crippen LogP contribution in [0.5, 0.6) is 0 Å². The number of carbonyl (C=O) groups is 2. The van der Waals surface area contributed by atoms with Gasteiger partial charge in [0.25, 0.3) is 5.91 Å². The summed E-state index contributed by atoms with van der Waals surface area (Å²) in [5, 5.41) is 2.51. The average molecular weight is 362 g/mol. The van der Waals surface area contributed by atoms with Crippen molar-refractivity contribution in [2.45, 2.75) is 12.5 Å². The van der Waals surface area contributed by atoms with E-state index >= 15 is 0 Å². The van der Waals surface area contributed by atoms with E-state index < -0.39 is 23.7 Å². The van der Waals surface area contributed by atoms with Crippen LogP contribution in [0, 0.1) is 5.82 Å². The van der Waals surface area contributed by atoms with Gasteiger partial charge in [-0.05, 0) is 28.8 Å². The van der Waals surface area contributed by atoms with Gasteiger partial charge in [-0.15, -0.1) is 0 Å². The Morgan fingerprint density at radius 1 is 0.852 bits per heavy atom. The van der Waals surface area contributed by atoms with E-state index in [-0.39, 0.29) is 12.0 Å². The van der Waals surface area contributed by atoms with E-state index in [9.17, 15) is 14.0 Å². The van der Waals surface area contributed by atoms with Crippen molar-refractivity contribution in [2.24, 2.45) is 5.73 Å². The Hall–Kier alpha value is -3.47. The minimum Gasteiger partial charge on any atom is -0.368 e. The van der Waals surface area contributed by atoms with Crippen molar-refractivity contribution in [2.75, 3.05) is 0 Å². The summed E-state index contributed by atoms with van der Waals surface area (Å²) in [4.78, 5) is 24.0. The van der Waals surface area contributed by atoms with Crippen LogP contribution < -0.4 is 11.1 Å². The zero-order valence-corrected chi connectivity index (χ0v) is 14.6. The van der Waals surface area contributed by atoms with E-state index in [4.69, 9.17) is 5.73 Å². The van der Waals surface area contributed by atoms with E-state index in [2.05, 4.69) is 5.32 Å². The van der Waals surface area contributed by atoms with Gasteiger partial charge < -0.3 is 11.1 Å². The minimum atomic E-state index is -0.931. The van der Waals surface area contributed by atoms with E-state index in [1.54, 1.807) is 6.07 Å². The fraction of sp³-hybridized carbons (Fsp3) is 0.0909. The van der Waals surface area contributed by atoms with Crippen LogP contribution in [0.1, 0.15) is 15.9 Å². The Morgan fingerprint density at radius 2 is 1.44 bits per heavy atom. The van der Waals surface area contributed by atoms with Crippen LogP contribution >= 0.6 is 0 Å². The van der Waals surface area contributed by atoms with Crippen LogP contribution in [0.3, 0.4) is 0 Å². The van der Waals surface area contributed by atoms with Gasteiger partial charge >= 0.3 is 0 Å². The summed E-state index contributed by atoms with van der Waals surface area (Å²) in [6.45, 7) is 0. The van der Waals surface area contributed by atoms with Crippen molar-refractivity contribution < 1.29 is 14.0 Å². The lowest BCUT2D eigenvalue weighted by atomic mass is 10.00. The maximum atomic E-state index is 13.7. The normalized spacial score (nSPS) is 11.6. The summed E-state index contributed by atoms with van der Waals surface area (Å²) in [6.07, 6.45) is 0.227. The summed E-state index contributed by atoms with van der Waals surface area (Å²) >= 11 is 0. The molecule has 0 aromatic heterocycles. The van der Waals surface area contributed by atoms with Crippen molar-refractivity contribution in [3.05, 3.63) is 95.8 Å². The highest BCUT2D eigenvalue weighted by Crippen LogP contribution is 2.19. The molecule has 136 valence electrons. The molecular formula is C22H19FN2O2. The first-order valence-electron chi connectivity index (χ1n) is 8.53. The van der Waals surface area contributed by atoms with Gasteiger partial charge in [-0.2, -0.15) is 0 Å². The van der Waals surface area contributed by atoms with Gasteiger partial charge in [0.2, 0.25) is 5.91 Å². The SMILES string of the molecule is NC(=O)[C@@H](Cc1ccc(-c2ccccc2)cc1)NC(=O)c1ccccc1F. The molecule has 0 bridgehead atoms. The molecule has 3 aromatic carbocycles.